The Morgan fingerprint density at radius 3 is 3.17 bits per heavy atom. The van der Waals surface area contributed by atoms with E-state index < -0.39 is 5.76 Å². The smallest absolute Gasteiger partial charge is 0.418 e. The zero-order valence-electron chi connectivity index (χ0n) is 6.33. The molecule has 0 bridgehead atoms. The maximum absolute atomic E-state index is 10.7. The topological polar surface area (TPSA) is 68.1 Å². The number of aromatic nitrogens is 2. The SMILES string of the molecule is COc1ccc2oc(=O)[nH]c2n1. The van der Waals surface area contributed by atoms with Crippen molar-refractivity contribution in [3.8, 4) is 5.88 Å². The molecular formula is C7H6N2O3. The molecule has 0 radical (unpaired) electrons. The van der Waals surface area contributed by atoms with E-state index in [1.54, 1.807) is 12.1 Å². The van der Waals surface area contributed by atoms with Crippen molar-refractivity contribution in [2.75, 3.05) is 7.11 Å². The maximum Gasteiger partial charge on any atom is 0.418 e. The van der Waals surface area contributed by atoms with Crippen LogP contribution in [0, 0.1) is 0 Å². The molecule has 0 fully saturated rings. The molecule has 0 aromatic carbocycles. The fourth-order valence-corrected chi connectivity index (χ4v) is 0.936. The highest BCUT2D eigenvalue weighted by molar-refractivity contribution is 5.67. The van der Waals surface area contributed by atoms with Crippen molar-refractivity contribution in [2.45, 2.75) is 0 Å². The lowest BCUT2D eigenvalue weighted by Crippen LogP contribution is -1.94. The second-order valence-electron chi connectivity index (χ2n) is 2.21. The average molecular weight is 166 g/mol. The molecular weight excluding hydrogens is 160 g/mol. The van der Waals surface area contributed by atoms with E-state index in [4.69, 9.17) is 9.15 Å². The molecule has 12 heavy (non-hydrogen) atoms. The van der Waals surface area contributed by atoms with Gasteiger partial charge >= 0.3 is 5.76 Å². The van der Waals surface area contributed by atoms with E-state index in [9.17, 15) is 4.79 Å². The Morgan fingerprint density at radius 2 is 2.42 bits per heavy atom. The van der Waals surface area contributed by atoms with E-state index >= 15 is 0 Å². The van der Waals surface area contributed by atoms with Crippen LogP contribution in [0.15, 0.2) is 21.3 Å². The highest BCUT2D eigenvalue weighted by atomic mass is 16.5. The molecule has 62 valence electrons. The molecule has 2 heterocycles. The Labute approximate surface area is 67.0 Å². The molecule has 0 aliphatic heterocycles. The number of rotatable bonds is 1. The Morgan fingerprint density at radius 1 is 1.58 bits per heavy atom. The Balaban J connectivity index is 2.74. The first-order valence-electron chi connectivity index (χ1n) is 3.33. The molecule has 0 saturated heterocycles. The number of fused-ring (bicyclic) bond motifs is 1. The standard InChI is InChI=1S/C7H6N2O3/c1-11-5-3-2-4-6(8-5)9-7(10)12-4/h2-3H,1H3,(H,8,9,10). The molecule has 0 unspecified atom stereocenters. The number of hydrogen-bond donors (Lipinski definition) is 1. The van der Waals surface area contributed by atoms with E-state index in [0.29, 0.717) is 17.1 Å². The summed E-state index contributed by atoms with van der Waals surface area (Å²) in [5.74, 6) is -0.0645. The van der Waals surface area contributed by atoms with Crippen LogP contribution >= 0.6 is 0 Å². The molecule has 0 aliphatic rings. The normalized spacial score (nSPS) is 10.4. The predicted molar refractivity (Wildman–Crippen MR) is 41.2 cm³/mol. The summed E-state index contributed by atoms with van der Waals surface area (Å²) in [6, 6.07) is 3.25. The molecule has 2 aromatic rings. The molecule has 2 rings (SSSR count). The van der Waals surface area contributed by atoms with Gasteiger partial charge in [-0.15, -0.1) is 0 Å². The summed E-state index contributed by atoms with van der Waals surface area (Å²) in [5, 5.41) is 0. The highest BCUT2D eigenvalue weighted by Crippen LogP contribution is 2.11. The van der Waals surface area contributed by atoms with E-state index in [2.05, 4.69) is 9.97 Å². The van der Waals surface area contributed by atoms with Gasteiger partial charge in [-0.25, -0.2) is 4.79 Å². The Bertz CT molecular complexity index is 457. The van der Waals surface area contributed by atoms with Crippen LogP contribution in [-0.4, -0.2) is 17.1 Å². The van der Waals surface area contributed by atoms with Gasteiger partial charge in [0.25, 0.3) is 0 Å². The minimum Gasteiger partial charge on any atom is -0.481 e. The van der Waals surface area contributed by atoms with Gasteiger partial charge < -0.3 is 9.15 Å². The Hall–Kier alpha value is -1.78. The van der Waals surface area contributed by atoms with Gasteiger partial charge in [-0.05, 0) is 6.07 Å². The zero-order valence-corrected chi connectivity index (χ0v) is 6.33. The van der Waals surface area contributed by atoms with Crippen LogP contribution < -0.4 is 10.5 Å². The average Bonchev–Trinajstić information content (AvgIpc) is 2.43. The summed E-state index contributed by atoms with van der Waals surface area (Å²) in [7, 11) is 1.51. The number of ether oxygens (including phenoxy) is 1. The van der Waals surface area contributed by atoms with Gasteiger partial charge in [0.1, 0.15) is 0 Å². The fraction of sp³-hybridized carbons (Fsp3) is 0.143. The van der Waals surface area contributed by atoms with Crippen molar-refractivity contribution in [1.29, 1.82) is 0 Å². The Kier molecular flexibility index (Phi) is 1.36. The van der Waals surface area contributed by atoms with Crippen molar-refractivity contribution >= 4 is 11.2 Å². The number of aromatic amines is 1. The molecule has 0 atom stereocenters. The molecule has 0 spiro atoms. The van der Waals surface area contributed by atoms with Crippen LogP contribution in [0.25, 0.3) is 11.2 Å². The number of nitrogens with zero attached hydrogens (tertiary/aromatic N) is 1. The molecule has 0 saturated carbocycles. The first kappa shape index (κ1) is 6.90. The summed E-state index contributed by atoms with van der Waals surface area (Å²) in [6.07, 6.45) is 0. The van der Waals surface area contributed by atoms with Gasteiger partial charge in [-0.1, -0.05) is 0 Å². The van der Waals surface area contributed by atoms with Crippen molar-refractivity contribution in [3.63, 3.8) is 0 Å². The number of methoxy groups -OCH3 is 1. The van der Waals surface area contributed by atoms with Crippen LogP contribution in [0.4, 0.5) is 0 Å². The number of nitrogens with one attached hydrogen (secondary N) is 1. The molecule has 1 N–H and O–H groups in total. The summed E-state index contributed by atoms with van der Waals surface area (Å²) in [5.41, 5.74) is 0.833. The summed E-state index contributed by atoms with van der Waals surface area (Å²) in [6.45, 7) is 0. The van der Waals surface area contributed by atoms with E-state index in [-0.39, 0.29) is 0 Å². The third-order valence-electron chi connectivity index (χ3n) is 1.46. The molecule has 5 heteroatoms. The fourth-order valence-electron chi connectivity index (χ4n) is 0.936. The number of oxazole rings is 1. The van der Waals surface area contributed by atoms with Crippen LogP contribution in [0.1, 0.15) is 0 Å². The number of hydrogen-bond acceptors (Lipinski definition) is 4. The van der Waals surface area contributed by atoms with Crippen molar-refractivity contribution in [1.82, 2.24) is 9.97 Å². The lowest BCUT2D eigenvalue weighted by molar-refractivity contribution is 0.399. The van der Waals surface area contributed by atoms with Crippen molar-refractivity contribution < 1.29 is 9.15 Å². The quantitative estimate of drug-likeness (QED) is 0.670. The summed E-state index contributed by atoms with van der Waals surface area (Å²) in [4.78, 5) is 17.0. The summed E-state index contributed by atoms with van der Waals surface area (Å²) < 4.78 is 9.59. The van der Waals surface area contributed by atoms with Crippen LogP contribution in [0.2, 0.25) is 0 Å². The van der Waals surface area contributed by atoms with Gasteiger partial charge in [-0.2, -0.15) is 4.98 Å². The van der Waals surface area contributed by atoms with Crippen LogP contribution in [0.3, 0.4) is 0 Å². The van der Waals surface area contributed by atoms with E-state index in [1.165, 1.54) is 7.11 Å². The number of H-pyrrole nitrogens is 1. The molecule has 0 amide bonds. The van der Waals surface area contributed by atoms with Crippen molar-refractivity contribution in [3.05, 3.63) is 22.7 Å². The maximum atomic E-state index is 10.7. The van der Waals surface area contributed by atoms with Gasteiger partial charge in [0, 0.05) is 6.07 Å². The molecule has 5 nitrogen and oxygen atoms in total. The van der Waals surface area contributed by atoms with Crippen LogP contribution in [-0.2, 0) is 0 Å². The second kappa shape index (κ2) is 2.37. The predicted octanol–water partition coefficient (Wildman–Crippen LogP) is 0.525. The lowest BCUT2D eigenvalue weighted by Gasteiger charge is -1.94. The summed E-state index contributed by atoms with van der Waals surface area (Å²) >= 11 is 0. The van der Waals surface area contributed by atoms with Gasteiger partial charge in [0.15, 0.2) is 11.2 Å². The van der Waals surface area contributed by atoms with Gasteiger partial charge in [0.05, 0.1) is 7.11 Å². The molecule has 2 aromatic heterocycles. The van der Waals surface area contributed by atoms with E-state index in [1.807, 2.05) is 0 Å². The second-order valence-corrected chi connectivity index (χ2v) is 2.21. The zero-order chi connectivity index (χ0) is 8.55. The van der Waals surface area contributed by atoms with Crippen molar-refractivity contribution in [2.24, 2.45) is 0 Å². The van der Waals surface area contributed by atoms with E-state index in [0.717, 1.165) is 0 Å². The largest absolute Gasteiger partial charge is 0.481 e. The highest BCUT2D eigenvalue weighted by Gasteiger charge is 2.02. The third kappa shape index (κ3) is 0.952. The minimum absolute atomic E-state index is 0.402. The lowest BCUT2D eigenvalue weighted by atomic mass is 10.4. The van der Waals surface area contributed by atoms with Gasteiger partial charge in [-0.3, -0.25) is 4.98 Å². The number of pyridine rings is 1. The molecule has 0 aliphatic carbocycles. The third-order valence-corrected chi connectivity index (χ3v) is 1.46. The first-order chi connectivity index (χ1) is 5.79. The minimum atomic E-state index is -0.509. The first-order valence-corrected chi connectivity index (χ1v) is 3.33. The van der Waals surface area contributed by atoms with Gasteiger partial charge in [0.2, 0.25) is 5.88 Å². The monoisotopic (exact) mass is 166 g/mol. The van der Waals surface area contributed by atoms with Crippen LogP contribution in [0.5, 0.6) is 5.88 Å².